The summed E-state index contributed by atoms with van der Waals surface area (Å²) in [4.78, 5) is 0. The van der Waals surface area contributed by atoms with Crippen LogP contribution in [0.15, 0.2) is 72.8 Å². The van der Waals surface area contributed by atoms with Crippen molar-refractivity contribution in [2.75, 3.05) is 0 Å². The average molecular weight is 399 g/mol. The molecule has 0 aliphatic carbocycles. The van der Waals surface area contributed by atoms with E-state index in [0.29, 0.717) is 5.92 Å². The van der Waals surface area contributed by atoms with E-state index >= 15 is 0 Å². The molecule has 0 N–H and O–H groups in total. The van der Waals surface area contributed by atoms with E-state index in [9.17, 15) is 0 Å². The van der Waals surface area contributed by atoms with E-state index in [4.69, 9.17) is 0 Å². The molecule has 4 rings (SSSR count). The highest BCUT2D eigenvalue weighted by Crippen LogP contribution is 2.27. The van der Waals surface area contributed by atoms with Gasteiger partial charge in [-0.2, -0.15) is 0 Å². The van der Waals surface area contributed by atoms with Crippen molar-refractivity contribution in [3.63, 3.8) is 0 Å². The SMILES string of the molecule is CCC.CCc1c(C(C)C)ccc2ccccc12.Cc1cccc2cccc(C)c12. The zero-order valence-electron chi connectivity index (χ0n) is 19.9. The molecule has 0 spiro atoms. The largest absolute Gasteiger partial charge is 0.0656 e. The smallest absolute Gasteiger partial charge is 0.0125 e. The standard InChI is InChI=1S/C15H18.C12H12.C3H8/c1-4-13-14(11(2)3)10-9-12-7-5-6-8-15(12)13;1-9-5-3-7-11-8-4-6-10(2)12(9)11;1-3-2/h5-11H,4H2,1-3H3;3-8H,1-2H3;3H2,1-2H3. The van der Waals surface area contributed by atoms with Crippen LogP contribution in [-0.2, 0) is 6.42 Å². The second kappa shape index (κ2) is 11.6. The summed E-state index contributed by atoms with van der Waals surface area (Å²) in [5.74, 6) is 0.615. The third-order valence-electron chi connectivity index (χ3n) is 5.37. The van der Waals surface area contributed by atoms with Gasteiger partial charge in [0.1, 0.15) is 0 Å². The molecule has 0 unspecified atom stereocenters. The molecule has 4 aromatic rings. The lowest BCUT2D eigenvalue weighted by molar-refractivity contribution is 0.848. The Labute approximate surface area is 184 Å². The highest BCUT2D eigenvalue weighted by molar-refractivity contribution is 5.88. The van der Waals surface area contributed by atoms with Crippen LogP contribution in [0.1, 0.15) is 69.2 Å². The Morgan fingerprint density at radius 1 is 0.633 bits per heavy atom. The molecule has 0 aromatic heterocycles. The van der Waals surface area contributed by atoms with Crippen LogP contribution in [0.3, 0.4) is 0 Å². The lowest BCUT2D eigenvalue weighted by atomic mass is 9.91. The first kappa shape index (κ1) is 23.7. The number of aryl methyl sites for hydroxylation is 3. The molecule has 0 saturated carbocycles. The molecule has 0 saturated heterocycles. The molecule has 4 aromatic carbocycles. The van der Waals surface area contributed by atoms with Gasteiger partial charge in [-0.3, -0.25) is 0 Å². The lowest BCUT2D eigenvalue weighted by Gasteiger charge is -2.14. The minimum atomic E-state index is 0.615. The highest BCUT2D eigenvalue weighted by Gasteiger charge is 2.08. The van der Waals surface area contributed by atoms with Crippen molar-refractivity contribution in [3.05, 3.63) is 95.1 Å². The van der Waals surface area contributed by atoms with Gasteiger partial charge in [-0.15, -0.1) is 0 Å². The molecule has 0 fully saturated rings. The molecule has 30 heavy (non-hydrogen) atoms. The number of benzene rings is 4. The topological polar surface area (TPSA) is 0 Å². The van der Waals surface area contributed by atoms with Gasteiger partial charge in [-0.1, -0.05) is 114 Å². The van der Waals surface area contributed by atoms with Gasteiger partial charge in [-0.25, -0.2) is 0 Å². The quantitative estimate of drug-likeness (QED) is 0.315. The zero-order valence-corrected chi connectivity index (χ0v) is 19.9. The summed E-state index contributed by atoms with van der Waals surface area (Å²) in [7, 11) is 0. The Balaban J connectivity index is 0.000000193. The third-order valence-corrected chi connectivity index (χ3v) is 5.37. The van der Waals surface area contributed by atoms with Crippen LogP contribution in [0.2, 0.25) is 0 Å². The fourth-order valence-electron chi connectivity index (χ4n) is 4.04. The first-order valence-corrected chi connectivity index (χ1v) is 11.4. The summed E-state index contributed by atoms with van der Waals surface area (Å²) in [6.45, 7) is 15.4. The molecular weight excluding hydrogens is 360 g/mol. The molecule has 0 amide bonds. The van der Waals surface area contributed by atoms with E-state index in [2.05, 4.69) is 121 Å². The average Bonchev–Trinajstić information content (AvgIpc) is 2.74. The molecule has 158 valence electrons. The van der Waals surface area contributed by atoms with E-state index in [0.717, 1.165) is 6.42 Å². The van der Waals surface area contributed by atoms with Gasteiger partial charge in [0.15, 0.2) is 0 Å². The molecule has 0 heterocycles. The molecular formula is C30H38. The Morgan fingerprint density at radius 3 is 1.67 bits per heavy atom. The maximum absolute atomic E-state index is 2.28. The minimum Gasteiger partial charge on any atom is -0.0656 e. The van der Waals surface area contributed by atoms with E-state index in [-0.39, 0.29) is 0 Å². The van der Waals surface area contributed by atoms with Gasteiger partial charge in [0.05, 0.1) is 0 Å². The summed E-state index contributed by atoms with van der Waals surface area (Å²) in [5.41, 5.74) is 5.75. The maximum Gasteiger partial charge on any atom is -0.0125 e. The first-order valence-electron chi connectivity index (χ1n) is 11.4. The number of fused-ring (bicyclic) bond motifs is 2. The van der Waals surface area contributed by atoms with E-state index in [1.807, 2.05) is 0 Å². The molecule has 0 aliphatic rings. The van der Waals surface area contributed by atoms with Crippen molar-refractivity contribution in [2.24, 2.45) is 0 Å². The summed E-state index contributed by atoms with van der Waals surface area (Å²) in [6, 6.07) is 26.1. The molecule has 0 nitrogen and oxygen atoms in total. The zero-order chi connectivity index (χ0) is 22.1. The molecule has 0 radical (unpaired) electrons. The second-order valence-electron chi connectivity index (χ2n) is 8.32. The third kappa shape index (κ3) is 5.72. The second-order valence-corrected chi connectivity index (χ2v) is 8.32. The van der Waals surface area contributed by atoms with Gasteiger partial charge in [0.2, 0.25) is 0 Å². The van der Waals surface area contributed by atoms with Gasteiger partial charge in [-0.05, 0) is 70.0 Å². The van der Waals surface area contributed by atoms with Crippen molar-refractivity contribution in [1.82, 2.24) is 0 Å². The highest BCUT2D eigenvalue weighted by atomic mass is 14.1. The van der Waals surface area contributed by atoms with Crippen molar-refractivity contribution >= 4 is 21.5 Å². The molecule has 0 bridgehead atoms. The van der Waals surface area contributed by atoms with Crippen LogP contribution in [0.5, 0.6) is 0 Å². The van der Waals surface area contributed by atoms with Crippen molar-refractivity contribution in [2.45, 2.75) is 67.2 Å². The molecule has 0 heteroatoms. The van der Waals surface area contributed by atoms with E-state index in [1.54, 1.807) is 0 Å². The Morgan fingerprint density at radius 2 is 1.17 bits per heavy atom. The van der Waals surface area contributed by atoms with Gasteiger partial charge in [0, 0.05) is 0 Å². The predicted molar refractivity (Wildman–Crippen MR) is 137 cm³/mol. The first-order chi connectivity index (χ1) is 14.4. The van der Waals surface area contributed by atoms with E-state index < -0.39 is 0 Å². The van der Waals surface area contributed by atoms with Crippen molar-refractivity contribution in [1.29, 1.82) is 0 Å². The van der Waals surface area contributed by atoms with Crippen LogP contribution < -0.4 is 0 Å². The van der Waals surface area contributed by atoms with Crippen molar-refractivity contribution in [3.8, 4) is 0 Å². The van der Waals surface area contributed by atoms with Gasteiger partial charge >= 0.3 is 0 Å². The number of hydrogen-bond donors (Lipinski definition) is 0. The number of rotatable bonds is 2. The Hall–Kier alpha value is -2.60. The lowest BCUT2D eigenvalue weighted by Crippen LogP contribution is -1.96. The van der Waals surface area contributed by atoms with Crippen LogP contribution in [0, 0.1) is 13.8 Å². The fourth-order valence-corrected chi connectivity index (χ4v) is 4.04. The molecule has 0 aliphatic heterocycles. The van der Waals surface area contributed by atoms with Crippen LogP contribution >= 0.6 is 0 Å². The number of hydrogen-bond acceptors (Lipinski definition) is 0. The minimum absolute atomic E-state index is 0.615. The van der Waals surface area contributed by atoms with Crippen molar-refractivity contribution < 1.29 is 0 Å². The van der Waals surface area contributed by atoms with Crippen LogP contribution in [0.4, 0.5) is 0 Å². The molecule has 0 atom stereocenters. The normalized spacial score (nSPS) is 10.4. The summed E-state index contributed by atoms with van der Waals surface area (Å²) in [6.07, 6.45) is 2.37. The van der Waals surface area contributed by atoms with Gasteiger partial charge in [0.25, 0.3) is 0 Å². The monoisotopic (exact) mass is 398 g/mol. The summed E-state index contributed by atoms with van der Waals surface area (Å²) in [5, 5.41) is 5.53. The van der Waals surface area contributed by atoms with Gasteiger partial charge < -0.3 is 0 Å². The Kier molecular flexibility index (Phi) is 9.12. The van der Waals surface area contributed by atoms with Crippen LogP contribution in [-0.4, -0.2) is 0 Å². The Bertz CT molecular complexity index is 1030. The van der Waals surface area contributed by atoms with E-state index in [1.165, 1.54) is 50.2 Å². The predicted octanol–water partition coefficient (Wildman–Crippen LogP) is 9.40. The maximum atomic E-state index is 2.28. The fraction of sp³-hybridized carbons (Fsp3) is 0.333. The summed E-state index contributed by atoms with van der Waals surface area (Å²) < 4.78 is 0. The summed E-state index contributed by atoms with van der Waals surface area (Å²) >= 11 is 0. The van der Waals surface area contributed by atoms with Crippen LogP contribution in [0.25, 0.3) is 21.5 Å².